The van der Waals surface area contributed by atoms with Gasteiger partial charge in [0.2, 0.25) is 0 Å². The average molecular weight is 386 g/mol. The van der Waals surface area contributed by atoms with Gasteiger partial charge in [-0.25, -0.2) is 12.8 Å². The second-order valence-corrected chi connectivity index (χ2v) is 8.76. The highest BCUT2D eigenvalue weighted by Gasteiger charge is 2.29. The third-order valence-corrected chi connectivity index (χ3v) is 7.34. The van der Waals surface area contributed by atoms with Crippen molar-refractivity contribution >= 4 is 44.4 Å². The Balaban J connectivity index is 1.58. The molecule has 5 nitrogen and oxygen atoms in total. The van der Waals surface area contributed by atoms with Gasteiger partial charge in [-0.15, -0.1) is 11.3 Å². The monoisotopic (exact) mass is 385 g/mol. The maximum absolute atomic E-state index is 12.9. The summed E-state index contributed by atoms with van der Waals surface area (Å²) < 4.78 is 39.7. The average Bonchev–Trinajstić information content (AvgIpc) is 3.12. The van der Waals surface area contributed by atoms with E-state index in [1.807, 2.05) is 4.90 Å². The molecule has 0 aliphatic carbocycles. The number of piperazine rings is 1. The lowest BCUT2D eigenvalue weighted by atomic mass is 10.3. The maximum Gasteiger partial charge on any atom is 0.252 e. The molecule has 0 saturated carbocycles. The number of thiocarbonyl (C=S) groups is 1. The highest BCUT2D eigenvalue weighted by molar-refractivity contribution is 7.91. The smallest absolute Gasteiger partial charge is 0.252 e. The van der Waals surface area contributed by atoms with Gasteiger partial charge in [-0.2, -0.15) is 4.31 Å². The van der Waals surface area contributed by atoms with Gasteiger partial charge < -0.3 is 10.2 Å². The largest absolute Gasteiger partial charge is 0.346 e. The molecular weight excluding hydrogens is 369 g/mol. The Hall–Kier alpha value is -1.55. The van der Waals surface area contributed by atoms with Crippen LogP contribution in [0.4, 0.5) is 10.1 Å². The zero-order valence-electron chi connectivity index (χ0n) is 12.7. The Morgan fingerprint density at radius 3 is 2.38 bits per heavy atom. The summed E-state index contributed by atoms with van der Waals surface area (Å²) in [6.45, 7) is 1.78. The highest BCUT2D eigenvalue weighted by Crippen LogP contribution is 2.22. The molecule has 1 aromatic heterocycles. The maximum atomic E-state index is 12.9. The fourth-order valence-electron chi connectivity index (χ4n) is 2.40. The Morgan fingerprint density at radius 2 is 1.79 bits per heavy atom. The van der Waals surface area contributed by atoms with Crippen LogP contribution in [0, 0.1) is 5.82 Å². The molecule has 24 heavy (non-hydrogen) atoms. The van der Waals surface area contributed by atoms with Crippen LogP contribution in [-0.4, -0.2) is 48.9 Å². The molecule has 2 heterocycles. The van der Waals surface area contributed by atoms with E-state index in [9.17, 15) is 12.8 Å². The topological polar surface area (TPSA) is 52.7 Å². The number of hydrogen-bond donors (Lipinski definition) is 1. The minimum absolute atomic E-state index is 0.307. The highest BCUT2D eigenvalue weighted by atomic mass is 32.2. The van der Waals surface area contributed by atoms with Crippen molar-refractivity contribution in [2.75, 3.05) is 31.5 Å². The van der Waals surface area contributed by atoms with Crippen molar-refractivity contribution < 1.29 is 12.8 Å². The molecule has 1 aliphatic heterocycles. The Labute approximate surface area is 149 Å². The fraction of sp³-hybridized carbons (Fsp3) is 0.267. The predicted octanol–water partition coefficient (Wildman–Crippen LogP) is 2.59. The summed E-state index contributed by atoms with van der Waals surface area (Å²) in [6, 6.07) is 9.29. The van der Waals surface area contributed by atoms with Crippen LogP contribution in [-0.2, 0) is 10.0 Å². The van der Waals surface area contributed by atoms with Crippen LogP contribution in [0.1, 0.15) is 0 Å². The molecule has 128 valence electrons. The molecule has 1 fully saturated rings. The third kappa shape index (κ3) is 3.75. The number of nitrogens with zero attached hydrogens (tertiary/aromatic N) is 2. The van der Waals surface area contributed by atoms with Crippen LogP contribution in [0.3, 0.4) is 0 Å². The van der Waals surface area contributed by atoms with Gasteiger partial charge in [0.1, 0.15) is 10.0 Å². The van der Waals surface area contributed by atoms with Gasteiger partial charge in [-0.1, -0.05) is 6.07 Å². The first-order valence-electron chi connectivity index (χ1n) is 7.32. The van der Waals surface area contributed by atoms with E-state index in [0.29, 0.717) is 41.2 Å². The number of sulfonamides is 1. The number of halogens is 1. The van der Waals surface area contributed by atoms with Crippen molar-refractivity contribution in [2.45, 2.75) is 4.21 Å². The van der Waals surface area contributed by atoms with E-state index in [-0.39, 0.29) is 5.82 Å². The number of hydrogen-bond acceptors (Lipinski definition) is 4. The summed E-state index contributed by atoms with van der Waals surface area (Å²) >= 11 is 6.58. The van der Waals surface area contributed by atoms with E-state index in [4.69, 9.17) is 12.2 Å². The molecule has 1 aromatic carbocycles. The predicted molar refractivity (Wildman–Crippen MR) is 97.3 cm³/mol. The normalized spacial score (nSPS) is 16.1. The zero-order valence-corrected chi connectivity index (χ0v) is 15.1. The summed E-state index contributed by atoms with van der Waals surface area (Å²) in [5.41, 5.74) is 0.704. The number of benzene rings is 1. The molecular formula is C15H16FN3O2S3. The molecule has 0 radical (unpaired) electrons. The van der Waals surface area contributed by atoms with Gasteiger partial charge in [0.25, 0.3) is 10.0 Å². The lowest BCUT2D eigenvalue weighted by Crippen LogP contribution is -2.51. The molecule has 9 heteroatoms. The van der Waals surface area contributed by atoms with Crippen molar-refractivity contribution in [1.82, 2.24) is 9.21 Å². The molecule has 1 aliphatic rings. The summed E-state index contributed by atoms with van der Waals surface area (Å²) in [4.78, 5) is 1.92. The van der Waals surface area contributed by atoms with Crippen LogP contribution < -0.4 is 5.32 Å². The molecule has 1 saturated heterocycles. The standard InChI is InChI=1S/C15H16FN3O2S3/c16-12-3-5-13(6-4-12)17-15(22)18-7-9-19(10-8-18)24(20,21)14-2-1-11-23-14/h1-6,11H,7-10H2,(H,17,22). The SMILES string of the molecule is O=S(=O)(c1cccs1)N1CCN(C(=S)Nc2ccc(F)cc2)CC1. The van der Waals surface area contributed by atoms with Crippen LogP contribution in [0.5, 0.6) is 0 Å². The first-order valence-corrected chi connectivity index (χ1v) is 10.0. The van der Waals surface area contributed by atoms with E-state index in [1.165, 1.54) is 27.8 Å². The molecule has 0 bridgehead atoms. The molecule has 1 N–H and O–H groups in total. The summed E-state index contributed by atoms with van der Waals surface area (Å²) in [7, 11) is -3.41. The van der Waals surface area contributed by atoms with Gasteiger partial charge in [0, 0.05) is 31.9 Å². The summed E-state index contributed by atoms with van der Waals surface area (Å²) in [5.74, 6) is -0.307. The Kier molecular flexibility index (Phi) is 5.14. The Morgan fingerprint density at radius 1 is 1.12 bits per heavy atom. The van der Waals surface area contributed by atoms with E-state index in [2.05, 4.69) is 5.32 Å². The van der Waals surface area contributed by atoms with Crippen molar-refractivity contribution in [3.8, 4) is 0 Å². The van der Waals surface area contributed by atoms with Gasteiger partial charge in [0.05, 0.1) is 0 Å². The van der Waals surface area contributed by atoms with Crippen molar-refractivity contribution in [3.63, 3.8) is 0 Å². The van der Waals surface area contributed by atoms with Crippen LogP contribution >= 0.6 is 23.6 Å². The zero-order chi connectivity index (χ0) is 17.2. The quantitative estimate of drug-likeness (QED) is 0.823. The van der Waals surface area contributed by atoms with E-state index >= 15 is 0 Å². The molecule has 0 amide bonds. The number of thiophene rings is 1. The second-order valence-electron chi connectivity index (χ2n) is 5.26. The number of rotatable bonds is 3. The van der Waals surface area contributed by atoms with Crippen molar-refractivity contribution in [3.05, 3.63) is 47.6 Å². The van der Waals surface area contributed by atoms with Crippen LogP contribution in [0.15, 0.2) is 46.0 Å². The van der Waals surface area contributed by atoms with Gasteiger partial charge in [-0.05, 0) is 47.9 Å². The molecule has 3 rings (SSSR count). The van der Waals surface area contributed by atoms with Crippen LogP contribution in [0.25, 0.3) is 0 Å². The molecule has 0 unspecified atom stereocenters. The van der Waals surface area contributed by atoms with E-state index in [0.717, 1.165) is 0 Å². The lowest BCUT2D eigenvalue weighted by Gasteiger charge is -2.35. The first-order chi connectivity index (χ1) is 11.5. The van der Waals surface area contributed by atoms with Crippen molar-refractivity contribution in [2.24, 2.45) is 0 Å². The summed E-state index contributed by atoms with van der Waals surface area (Å²) in [6.07, 6.45) is 0. The number of nitrogens with one attached hydrogen (secondary N) is 1. The minimum Gasteiger partial charge on any atom is -0.346 e. The van der Waals surface area contributed by atoms with Crippen molar-refractivity contribution in [1.29, 1.82) is 0 Å². The molecule has 2 aromatic rings. The molecule has 0 atom stereocenters. The lowest BCUT2D eigenvalue weighted by molar-refractivity contribution is 0.269. The second kappa shape index (κ2) is 7.14. The van der Waals surface area contributed by atoms with Gasteiger partial charge in [-0.3, -0.25) is 0 Å². The van der Waals surface area contributed by atoms with E-state index < -0.39 is 10.0 Å². The van der Waals surface area contributed by atoms with E-state index in [1.54, 1.807) is 29.6 Å². The minimum atomic E-state index is -3.41. The fourth-order valence-corrected chi connectivity index (χ4v) is 5.27. The third-order valence-electron chi connectivity index (χ3n) is 3.71. The summed E-state index contributed by atoms with van der Waals surface area (Å²) in [5, 5.41) is 5.31. The Bertz CT molecular complexity index is 799. The molecule has 0 spiro atoms. The van der Waals surface area contributed by atoms with Gasteiger partial charge >= 0.3 is 0 Å². The van der Waals surface area contributed by atoms with Gasteiger partial charge in [0.15, 0.2) is 5.11 Å². The number of anilines is 1. The van der Waals surface area contributed by atoms with Crippen LogP contribution in [0.2, 0.25) is 0 Å². The first kappa shape index (κ1) is 17.3.